The predicted octanol–water partition coefficient (Wildman–Crippen LogP) is 0.898. The van der Waals surface area contributed by atoms with Crippen LogP contribution in [0, 0.1) is 0 Å². The number of morpholine rings is 1. The third-order valence-electron chi connectivity index (χ3n) is 3.65. The standard InChI is InChI=1S/C17H26N2O4/c1-14(20)13-18-17(21)15-4-2-5-16(12-15)23-9-3-6-19-7-10-22-11-8-19/h2,4-5,12,14,20H,3,6-11,13H2,1H3,(H,18,21). The van der Waals surface area contributed by atoms with Gasteiger partial charge < -0.3 is 19.9 Å². The fourth-order valence-electron chi connectivity index (χ4n) is 2.37. The molecule has 1 amide bonds. The Morgan fingerprint density at radius 1 is 1.43 bits per heavy atom. The van der Waals surface area contributed by atoms with Gasteiger partial charge in [0.15, 0.2) is 0 Å². The lowest BCUT2D eigenvalue weighted by atomic mass is 10.2. The zero-order valence-corrected chi connectivity index (χ0v) is 13.7. The van der Waals surface area contributed by atoms with Gasteiger partial charge in [-0.3, -0.25) is 9.69 Å². The number of carbonyl (C=O) groups excluding carboxylic acids is 1. The number of hydrogen-bond donors (Lipinski definition) is 2. The van der Waals surface area contributed by atoms with Gasteiger partial charge in [0.25, 0.3) is 5.91 Å². The van der Waals surface area contributed by atoms with Gasteiger partial charge >= 0.3 is 0 Å². The van der Waals surface area contributed by atoms with Crippen LogP contribution in [0.4, 0.5) is 0 Å². The van der Waals surface area contributed by atoms with E-state index in [0.717, 1.165) is 39.3 Å². The first kappa shape index (κ1) is 17.7. The third-order valence-corrected chi connectivity index (χ3v) is 3.65. The van der Waals surface area contributed by atoms with Crippen LogP contribution in [0.3, 0.4) is 0 Å². The van der Waals surface area contributed by atoms with Crippen molar-refractivity contribution in [3.8, 4) is 5.75 Å². The van der Waals surface area contributed by atoms with Gasteiger partial charge in [-0.25, -0.2) is 0 Å². The number of nitrogens with one attached hydrogen (secondary N) is 1. The zero-order chi connectivity index (χ0) is 16.5. The summed E-state index contributed by atoms with van der Waals surface area (Å²) in [4.78, 5) is 14.3. The molecule has 6 heteroatoms. The molecule has 0 saturated carbocycles. The first-order valence-electron chi connectivity index (χ1n) is 8.14. The second kappa shape index (κ2) is 9.50. The maximum atomic E-state index is 11.9. The molecule has 1 aromatic rings. The molecule has 1 unspecified atom stereocenters. The third kappa shape index (κ3) is 6.56. The average molecular weight is 322 g/mol. The van der Waals surface area contributed by atoms with Crippen molar-refractivity contribution < 1.29 is 19.4 Å². The van der Waals surface area contributed by atoms with E-state index >= 15 is 0 Å². The number of amides is 1. The van der Waals surface area contributed by atoms with Gasteiger partial charge in [0.1, 0.15) is 5.75 Å². The van der Waals surface area contributed by atoms with Crippen molar-refractivity contribution >= 4 is 5.91 Å². The van der Waals surface area contributed by atoms with E-state index in [2.05, 4.69) is 10.2 Å². The van der Waals surface area contributed by atoms with Gasteiger partial charge in [0.2, 0.25) is 0 Å². The minimum absolute atomic E-state index is 0.204. The molecule has 0 aliphatic carbocycles. The molecule has 0 spiro atoms. The summed E-state index contributed by atoms with van der Waals surface area (Å²) < 4.78 is 11.0. The van der Waals surface area contributed by atoms with Gasteiger partial charge in [-0.05, 0) is 31.5 Å². The Morgan fingerprint density at radius 2 is 2.22 bits per heavy atom. The highest BCUT2D eigenvalue weighted by Gasteiger charge is 2.10. The van der Waals surface area contributed by atoms with Crippen LogP contribution in [-0.4, -0.2) is 68.0 Å². The minimum Gasteiger partial charge on any atom is -0.494 e. The van der Waals surface area contributed by atoms with Crippen LogP contribution in [0.5, 0.6) is 5.75 Å². The van der Waals surface area contributed by atoms with Crippen LogP contribution in [0.15, 0.2) is 24.3 Å². The van der Waals surface area contributed by atoms with E-state index in [-0.39, 0.29) is 12.5 Å². The molecule has 0 bridgehead atoms. The van der Waals surface area contributed by atoms with Gasteiger partial charge in [-0.2, -0.15) is 0 Å². The summed E-state index contributed by atoms with van der Waals surface area (Å²) in [6.07, 6.45) is 0.386. The molecule has 0 radical (unpaired) electrons. The Hall–Kier alpha value is -1.63. The summed E-state index contributed by atoms with van der Waals surface area (Å²) >= 11 is 0. The molecule has 1 aromatic carbocycles. The van der Waals surface area contributed by atoms with Crippen molar-refractivity contribution in [1.29, 1.82) is 0 Å². The molecule has 1 heterocycles. The maximum absolute atomic E-state index is 11.9. The van der Waals surface area contributed by atoms with E-state index in [9.17, 15) is 9.90 Å². The summed E-state index contributed by atoms with van der Waals surface area (Å²) in [7, 11) is 0. The number of hydrogen-bond acceptors (Lipinski definition) is 5. The SMILES string of the molecule is CC(O)CNC(=O)c1cccc(OCCCN2CCOCC2)c1. The van der Waals surface area contributed by atoms with Crippen LogP contribution >= 0.6 is 0 Å². The molecule has 1 atom stereocenters. The summed E-state index contributed by atoms with van der Waals surface area (Å²) in [5.74, 6) is 0.487. The largest absolute Gasteiger partial charge is 0.494 e. The molecule has 2 N–H and O–H groups in total. The van der Waals surface area contributed by atoms with Crippen LogP contribution in [0.1, 0.15) is 23.7 Å². The maximum Gasteiger partial charge on any atom is 0.251 e. The Morgan fingerprint density at radius 3 is 2.96 bits per heavy atom. The van der Waals surface area contributed by atoms with Crippen molar-refractivity contribution in [2.24, 2.45) is 0 Å². The summed E-state index contributed by atoms with van der Waals surface area (Å²) in [5.41, 5.74) is 0.538. The molecular formula is C17H26N2O4. The molecule has 1 aliphatic rings. The number of nitrogens with zero attached hydrogens (tertiary/aromatic N) is 1. The molecule has 23 heavy (non-hydrogen) atoms. The lowest BCUT2D eigenvalue weighted by molar-refractivity contribution is 0.0358. The monoisotopic (exact) mass is 322 g/mol. The fourth-order valence-corrected chi connectivity index (χ4v) is 2.37. The van der Waals surface area contributed by atoms with E-state index in [1.807, 2.05) is 6.07 Å². The second-order valence-electron chi connectivity index (χ2n) is 5.74. The lowest BCUT2D eigenvalue weighted by Gasteiger charge is -2.26. The van der Waals surface area contributed by atoms with Crippen molar-refractivity contribution in [3.05, 3.63) is 29.8 Å². The molecule has 1 aliphatic heterocycles. The van der Waals surface area contributed by atoms with E-state index in [0.29, 0.717) is 17.9 Å². The van der Waals surface area contributed by atoms with Crippen molar-refractivity contribution in [1.82, 2.24) is 10.2 Å². The van der Waals surface area contributed by atoms with E-state index < -0.39 is 6.10 Å². The lowest BCUT2D eigenvalue weighted by Crippen LogP contribution is -2.37. The number of carbonyl (C=O) groups is 1. The number of rotatable bonds is 8. The summed E-state index contributed by atoms with van der Waals surface area (Å²) in [5, 5.41) is 11.9. The van der Waals surface area contributed by atoms with E-state index in [1.165, 1.54) is 0 Å². The molecule has 1 fully saturated rings. The van der Waals surface area contributed by atoms with Gasteiger partial charge in [0, 0.05) is 31.7 Å². The Kier molecular flexibility index (Phi) is 7.32. The van der Waals surface area contributed by atoms with Crippen molar-refractivity contribution in [2.45, 2.75) is 19.4 Å². The molecule has 0 aromatic heterocycles. The van der Waals surface area contributed by atoms with Gasteiger partial charge in [-0.15, -0.1) is 0 Å². The normalized spacial score (nSPS) is 16.8. The van der Waals surface area contributed by atoms with Gasteiger partial charge in [-0.1, -0.05) is 6.07 Å². The number of ether oxygens (including phenoxy) is 2. The number of benzene rings is 1. The highest BCUT2D eigenvalue weighted by Crippen LogP contribution is 2.13. The molecule has 128 valence electrons. The Bertz CT molecular complexity index is 487. The molecule has 2 rings (SSSR count). The molecule has 1 saturated heterocycles. The van der Waals surface area contributed by atoms with E-state index in [1.54, 1.807) is 25.1 Å². The predicted molar refractivity (Wildman–Crippen MR) is 87.8 cm³/mol. The highest BCUT2D eigenvalue weighted by molar-refractivity contribution is 5.94. The van der Waals surface area contributed by atoms with Crippen molar-refractivity contribution in [2.75, 3.05) is 46.0 Å². The summed E-state index contributed by atoms with van der Waals surface area (Å²) in [6.45, 7) is 7.08. The van der Waals surface area contributed by atoms with Crippen LogP contribution < -0.4 is 10.1 Å². The minimum atomic E-state index is -0.557. The molecule has 6 nitrogen and oxygen atoms in total. The van der Waals surface area contributed by atoms with Crippen LogP contribution in [-0.2, 0) is 4.74 Å². The summed E-state index contributed by atoms with van der Waals surface area (Å²) in [6, 6.07) is 7.11. The Labute approximate surface area is 137 Å². The average Bonchev–Trinajstić information content (AvgIpc) is 2.58. The Balaban J connectivity index is 1.72. The number of aliphatic hydroxyl groups excluding tert-OH is 1. The molecular weight excluding hydrogens is 296 g/mol. The van der Waals surface area contributed by atoms with E-state index in [4.69, 9.17) is 9.47 Å². The quantitative estimate of drug-likeness (QED) is 0.696. The van der Waals surface area contributed by atoms with Gasteiger partial charge in [0.05, 0.1) is 25.9 Å². The first-order chi connectivity index (χ1) is 11.1. The topological polar surface area (TPSA) is 71.0 Å². The van der Waals surface area contributed by atoms with Crippen LogP contribution in [0.2, 0.25) is 0 Å². The van der Waals surface area contributed by atoms with Crippen LogP contribution in [0.25, 0.3) is 0 Å². The highest BCUT2D eigenvalue weighted by atomic mass is 16.5. The first-order valence-corrected chi connectivity index (χ1v) is 8.14. The second-order valence-corrected chi connectivity index (χ2v) is 5.74. The zero-order valence-electron chi connectivity index (χ0n) is 13.7. The van der Waals surface area contributed by atoms with Crippen molar-refractivity contribution in [3.63, 3.8) is 0 Å². The smallest absolute Gasteiger partial charge is 0.251 e. The fraction of sp³-hybridized carbons (Fsp3) is 0.588. The number of aliphatic hydroxyl groups is 1.